The van der Waals surface area contributed by atoms with E-state index < -0.39 is 11.5 Å². The molecule has 1 rings (SSSR count). The fourth-order valence-electron chi connectivity index (χ4n) is 1.64. The number of carboxylic acid groups (broad SMARTS) is 1. The molecule has 1 unspecified atom stereocenters. The molecule has 2 N–H and O–H groups in total. The average Bonchev–Trinajstić information content (AvgIpc) is 2.68. The van der Waals surface area contributed by atoms with Gasteiger partial charge in [0.1, 0.15) is 0 Å². The molecule has 1 amide bonds. The minimum absolute atomic E-state index is 0.0564. The van der Waals surface area contributed by atoms with E-state index in [2.05, 4.69) is 5.32 Å². The van der Waals surface area contributed by atoms with Crippen LogP contribution in [0.1, 0.15) is 32.1 Å². The van der Waals surface area contributed by atoms with Gasteiger partial charge in [-0.3, -0.25) is 9.59 Å². The van der Waals surface area contributed by atoms with Gasteiger partial charge in [-0.25, -0.2) is 0 Å². The van der Waals surface area contributed by atoms with Crippen LogP contribution in [0.2, 0.25) is 0 Å². The first-order chi connectivity index (χ1) is 8.33. The van der Waals surface area contributed by atoms with Crippen molar-refractivity contribution in [3.63, 3.8) is 0 Å². The summed E-state index contributed by atoms with van der Waals surface area (Å²) in [5.41, 5.74) is -0.708. The Morgan fingerprint density at radius 1 is 1.50 bits per heavy atom. The van der Waals surface area contributed by atoms with E-state index >= 15 is 0 Å². The Labute approximate surface area is 111 Å². The maximum atomic E-state index is 11.9. The molecular formula is C13H19NO3S. The summed E-state index contributed by atoms with van der Waals surface area (Å²) in [5.74, 6) is -0.974. The van der Waals surface area contributed by atoms with E-state index in [1.54, 1.807) is 6.92 Å². The van der Waals surface area contributed by atoms with Crippen molar-refractivity contribution in [1.82, 2.24) is 5.32 Å². The number of amides is 1. The van der Waals surface area contributed by atoms with Crippen LogP contribution < -0.4 is 5.32 Å². The molecule has 0 aliphatic carbocycles. The summed E-state index contributed by atoms with van der Waals surface area (Å²) in [4.78, 5) is 23.8. The third-order valence-corrected chi connectivity index (χ3v) is 4.01. The molecule has 0 aliphatic rings. The van der Waals surface area contributed by atoms with Crippen molar-refractivity contribution >= 4 is 23.2 Å². The fraction of sp³-hybridized carbons (Fsp3) is 0.538. The van der Waals surface area contributed by atoms with E-state index in [1.165, 1.54) is 11.3 Å². The molecule has 4 nitrogen and oxygen atoms in total. The highest BCUT2D eigenvalue weighted by atomic mass is 32.1. The highest BCUT2D eigenvalue weighted by Gasteiger charge is 2.32. The number of thiophene rings is 1. The van der Waals surface area contributed by atoms with Crippen molar-refractivity contribution in [3.8, 4) is 0 Å². The van der Waals surface area contributed by atoms with E-state index in [0.717, 1.165) is 4.88 Å². The Balaban J connectivity index is 2.66. The van der Waals surface area contributed by atoms with Crippen LogP contribution in [0.25, 0.3) is 0 Å². The Morgan fingerprint density at radius 3 is 2.61 bits per heavy atom. The topological polar surface area (TPSA) is 66.4 Å². The maximum absolute atomic E-state index is 11.9. The minimum atomic E-state index is -0.900. The summed E-state index contributed by atoms with van der Waals surface area (Å²) in [6.07, 6.45) is 0.237. The summed E-state index contributed by atoms with van der Waals surface area (Å²) in [6.45, 7) is 5.60. The van der Waals surface area contributed by atoms with Gasteiger partial charge in [0.05, 0.1) is 12.8 Å². The normalized spacial score (nSPS) is 14.2. The predicted molar refractivity (Wildman–Crippen MR) is 71.7 cm³/mol. The Hall–Kier alpha value is -1.36. The monoisotopic (exact) mass is 269 g/mol. The lowest BCUT2D eigenvalue weighted by molar-refractivity contribution is -0.139. The van der Waals surface area contributed by atoms with Crippen LogP contribution in [0.3, 0.4) is 0 Å². The Kier molecular flexibility index (Phi) is 4.90. The molecule has 1 atom stereocenters. The summed E-state index contributed by atoms with van der Waals surface area (Å²) in [5, 5.41) is 13.7. The van der Waals surface area contributed by atoms with Gasteiger partial charge in [-0.05, 0) is 24.3 Å². The largest absolute Gasteiger partial charge is 0.481 e. The van der Waals surface area contributed by atoms with Gasteiger partial charge >= 0.3 is 5.97 Å². The first-order valence-electron chi connectivity index (χ1n) is 5.88. The van der Waals surface area contributed by atoms with E-state index in [0.29, 0.717) is 6.42 Å². The Morgan fingerprint density at radius 2 is 2.17 bits per heavy atom. The van der Waals surface area contributed by atoms with Crippen molar-refractivity contribution in [2.75, 3.05) is 0 Å². The van der Waals surface area contributed by atoms with Gasteiger partial charge in [0.15, 0.2) is 0 Å². The van der Waals surface area contributed by atoms with E-state index in [4.69, 9.17) is 5.11 Å². The van der Waals surface area contributed by atoms with Crippen molar-refractivity contribution in [3.05, 3.63) is 22.4 Å². The van der Waals surface area contributed by atoms with Crippen LogP contribution in [0.4, 0.5) is 0 Å². The van der Waals surface area contributed by atoms with Gasteiger partial charge < -0.3 is 10.4 Å². The van der Waals surface area contributed by atoms with Crippen LogP contribution in [0.15, 0.2) is 17.5 Å². The lowest BCUT2D eigenvalue weighted by Crippen LogP contribution is -2.51. The quantitative estimate of drug-likeness (QED) is 0.832. The lowest BCUT2D eigenvalue weighted by Gasteiger charge is -2.33. The van der Waals surface area contributed by atoms with Crippen molar-refractivity contribution in [1.29, 1.82) is 0 Å². The molecule has 18 heavy (non-hydrogen) atoms. The number of rotatable bonds is 6. The first-order valence-corrected chi connectivity index (χ1v) is 6.76. The maximum Gasteiger partial charge on any atom is 0.305 e. The second-order valence-corrected chi connectivity index (χ2v) is 5.98. The van der Waals surface area contributed by atoms with Crippen LogP contribution >= 0.6 is 11.3 Å². The molecule has 0 aliphatic heterocycles. The van der Waals surface area contributed by atoms with Crippen molar-refractivity contribution < 1.29 is 14.7 Å². The molecule has 1 aromatic heterocycles. The molecule has 0 fully saturated rings. The molecule has 0 spiro atoms. The number of hydrogen-bond donors (Lipinski definition) is 2. The van der Waals surface area contributed by atoms with Crippen LogP contribution in [-0.4, -0.2) is 22.5 Å². The fourth-order valence-corrected chi connectivity index (χ4v) is 2.34. The van der Waals surface area contributed by atoms with Crippen molar-refractivity contribution in [2.45, 2.75) is 39.2 Å². The number of carboxylic acids is 1. The number of hydrogen-bond acceptors (Lipinski definition) is 3. The van der Waals surface area contributed by atoms with Crippen molar-refractivity contribution in [2.24, 2.45) is 5.92 Å². The third-order valence-electron chi connectivity index (χ3n) is 3.13. The molecule has 0 radical (unpaired) electrons. The van der Waals surface area contributed by atoms with E-state index in [1.807, 2.05) is 31.4 Å². The average molecular weight is 269 g/mol. The van der Waals surface area contributed by atoms with Crippen LogP contribution in [-0.2, 0) is 16.0 Å². The summed E-state index contributed by atoms with van der Waals surface area (Å²) < 4.78 is 0. The standard InChI is InChI=1S/C13H19NO3S/c1-9(2)13(3,8-12(16)17)14-11(15)7-10-5-4-6-18-10/h4-6,9H,7-8H2,1-3H3,(H,14,15)(H,16,17). The first kappa shape index (κ1) is 14.7. The summed E-state index contributed by atoms with van der Waals surface area (Å²) in [6, 6.07) is 3.79. The molecule has 100 valence electrons. The van der Waals surface area contributed by atoms with Crippen LogP contribution in [0, 0.1) is 5.92 Å². The third kappa shape index (κ3) is 4.14. The number of carbonyl (C=O) groups is 2. The smallest absolute Gasteiger partial charge is 0.305 e. The lowest BCUT2D eigenvalue weighted by atomic mass is 9.85. The number of aliphatic carboxylic acids is 1. The summed E-state index contributed by atoms with van der Waals surface area (Å²) >= 11 is 1.52. The predicted octanol–water partition coefficient (Wildman–Crippen LogP) is 2.30. The molecule has 1 heterocycles. The zero-order valence-electron chi connectivity index (χ0n) is 10.9. The number of nitrogens with one attached hydrogen (secondary N) is 1. The van der Waals surface area contributed by atoms with Gasteiger partial charge in [-0.1, -0.05) is 19.9 Å². The number of carbonyl (C=O) groups excluding carboxylic acids is 1. The second-order valence-electron chi connectivity index (χ2n) is 4.95. The van der Waals surface area contributed by atoms with Gasteiger partial charge in [0, 0.05) is 10.4 Å². The van der Waals surface area contributed by atoms with Gasteiger partial charge in [-0.15, -0.1) is 11.3 Å². The SMILES string of the molecule is CC(C)C(C)(CC(=O)O)NC(=O)Cc1cccs1. The molecular weight excluding hydrogens is 250 g/mol. The molecule has 5 heteroatoms. The zero-order valence-corrected chi connectivity index (χ0v) is 11.7. The Bertz CT molecular complexity index is 414. The van der Waals surface area contributed by atoms with E-state index in [-0.39, 0.29) is 18.2 Å². The van der Waals surface area contributed by atoms with E-state index in [9.17, 15) is 9.59 Å². The summed E-state index contributed by atoms with van der Waals surface area (Å²) in [7, 11) is 0. The highest BCUT2D eigenvalue weighted by molar-refractivity contribution is 7.10. The molecule has 0 saturated carbocycles. The van der Waals surface area contributed by atoms with Gasteiger partial charge in [-0.2, -0.15) is 0 Å². The molecule has 0 saturated heterocycles. The van der Waals surface area contributed by atoms with Crippen LogP contribution in [0.5, 0.6) is 0 Å². The highest BCUT2D eigenvalue weighted by Crippen LogP contribution is 2.21. The van der Waals surface area contributed by atoms with Gasteiger partial charge in [0.25, 0.3) is 0 Å². The zero-order chi connectivity index (χ0) is 13.8. The minimum Gasteiger partial charge on any atom is -0.481 e. The molecule has 1 aromatic rings. The van der Waals surface area contributed by atoms with Gasteiger partial charge in [0.2, 0.25) is 5.91 Å². The second kappa shape index (κ2) is 6.00. The molecule has 0 bridgehead atoms. The molecule has 0 aromatic carbocycles.